The van der Waals surface area contributed by atoms with Gasteiger partial charge in [0.1, 0.15) is 11.6 Å². The molecule has 26 heavy (non-hydrogen) atoms. The van der Waals surface area contributed by atoms with Gasteiger partial charge in [-0.25, -0.2) is 9.97 Å². The van der Waals surface area contributed by atoms with Crippen LogP contribution in [0.2, 0.25) is 0 Å². The zero-order valence-electron chi connectivity index (χ0n) is 15.1. The number of anilines is 2. The topological polar surface area (TPSA) is 49.8 Å². The summed E-state index contributed by atoms with van der Waals surface area (Å²) in [5.41, 5.74) is 4.38. The van der Waals surface area contributed by atoms with Crippen molar-refractivity contribution in [3.05, 3.63) is 72.1 Å². The van der Waals surface area contributed by atoms with Crippen molar-refractivity contribution in [3.8, 4) is 11.3 Å². The Balaban J connectivity index is 1.72. The summed E-state index contributed by atoms with van der Waals surface area (Å²) >= 11 is 0. The number of aromatic nitrogens is 2. The van der Waals surface area contributed by atoms with Crippen LogP contribution < -0.4 is 10.6 Å². The van der Waals surface area contributed by atoms with Gasteiger partial charge in [-0.3, -0.25) is 0 Å². The fourth-order valence-corrected chi connectivity index (χ4v) is 3.42. The van der Waals surface area contributed by atoms with Gasteiger partial charge in [0.15, 0.2) is 0 Å². The first-order valence-electron chi connectivity index (χ1n) is 9.27. The zero-order valence-corrected chi connectivity index (χ0v) is 15.1. The van der Waals surface area contributed by atoms with Crippen LogP contribution in [0.3, 0.4) is 0 Å². The molecule has 4 heteroatoms. The highest BCUT2D eigenvalue weighted by molar-refractivity contribution is 5.66. The molecule has 132 valence electrons. The third-order valence-electron chi connectivity index (χ3n) is 4.81. The fourth-order valence-electron chi connectivity index (χ4n) is 3.42. The maximum atomic E-state index is 4.91. The van der Waals surface area contributed by atoms with Crippen LogP contribution in [0.25, 0.3) is 11.3 Å². The zero-order chi connectivity index (χ0) is 17.8. The second-order valence-corrected chi connectivity index (χ2v) is 6.88. The smallest absolute Gasteiger partial charge is 0.134 e. The molecule has 0 bridgehead atoms. The van der Waals surface area contributed by atoms with Crippen LogP contribution in [0.5, 0.6) is 0 Å². The summed E-state index contributed by atoms with van der Waals surface area (Å²) in [5, 5.41) is 6.89. The lowest BCUT2D eigenvalue weighted by Gasteiger charge is -2.22. The van der Waals surface area contributed by atoms with E-state index >= 15 is 0 Å². The van der Waals surface area contributed by atoms with E-state index in [2.05, 4.69) is 66.1 Å². The Labute approximate surface area is 154 Å². The number of aryl methyl sites for hydroxylation is 1. The first kappa shape index (κ1) is 16.7. The highest BCUT2D eigenvalue weighted by Gasteiger charge is 2.19. The average Bonchev–Trinajstić information content (AvgIpc) is 2.69. The standard InChI is InChI=1S/C22H24N4/c1-16-6-5-9-19(14-16)24-21-15-20(17-7-3-2-4-8-17)25-22(26-21)18-10-12-23-13-11-18/h2-9,14-15,18,23H,10-13H2,1H3,(H,24,25,26). The minimum absolute atomic E-state index is 0.415. The van der Waals surface area contributed by atoms with Crippen molar-refractivity contribution in [1.29, 1.82) is 0 Å². The molecule has 2 heterocycles. The number of benzene rings is 2. The van der Waals surface area contributed by atoms with E-state index < -0.39 is 0 Å². The van der Waals surface area contributed by atoms with Crippen molar-refractivity contribution < 1.29 is 0 Å². The van der Waals surface area contributed by atoms with Gasteiger partial charge in [0.05, 0.1) is 5.69 Å². The van der Waals surface area contributed by atoms with E-state index in [1.54, 1.807) is 0 Å². The van der Waals surface area contributed by atoms with Crippen molar-refractivity contribution in [1.82, 2.24) is 15.3 Å². The van der Waals surface area contributed by atoms with Crippen LogP contribution in [0.1, 0.15) is 30.1 Å². The Morgan fingerprint density at radius 1 is 0.923 bits per heavy atom. The van der Waals surface area contributed by atoms with Gasteiger partial charge in [0, 0.05) is 23.2 Å². The molecule has 0 radical (unpaired) electrons. The van der Waals surface area contributed by atoms with Crippen molar-refractivity contribution >= 4 is 11.5 Å². The van der Waals surface area contributed by atoms with Crippen molar-refractivity contribution in [2.75, 3.05) is 18.4 Å². The summed E-state index contributed by atoms with van der Waals surface area (Å²) < 4.78 is 0. The number of piperidine rings is 1. The summed E-state index contributed by atoms with van der Waals surface area (Å²) in [4.78, 5) is 9.77. The Bertz CT molecular complexity index is 870. The molecule has 2 aromatic carbocycles. The van der Waals surface area contributed by atoms with Gasteiger partial charge in [-0.1, -0.05) is 42.5 Å². The van der Waals surface area contributed by atoms with Gasteiger partial charge >= 0.3 is 0 Å². The molecule has 0 unspecified atom stereocenters. The largest absolute Gasteiger partial charge is 0.340 e. The van der Waals surface area contributed by atoms with E-state index in [1.165, 1.54) is 5.56 Å². The van der Waals surface area contributed by atoms with Crippen LogP contribution in [-0.2, 0) is 0 Å². The van der Waals surface area contributed by atoms with E-state index in [1.807, 2.05) is 12.1 Å². The van der Waals surface area contributed by atoms with E-state index in [0.29, 0.717) is 5.92 Å². The van der Waals surface area contributed by atoms with Crippen LogP contribution in [-0.4, -0.2) is 23.1 Å². The minimum atomic E-state index is 0.415. The lowest BCUT2D eigenvalue weighted by atomic mass is 9.97. The Morgan fingerprint density at radius 2 is 1.73 bits per heavy atom. The van der Waals surface area contributed by atoms with E-state index in [9.17, 15) is 0 Å². The van der Waals surface area contributed by atoms with Crippen LogP contribution >= 0.6 is 0 Å². The molecule has 0 atom stereocenters. The molecule has 0 spiro atoms. The van der Waals surface area contributed by atoms with E-state index in [-0.39, 0.29) is 0 Å². The molecule has 1 aromatic heterocycles. The van der Waals surface area contributed by atoms with Gasteiger partial charge in [-0.05, 0) is 50.6 Å². The lowest BCUT2D eigenvalue weighted by Crippen LogP contribution is -2.27. The number of nitrogens with zero attached hydrogens (tertiary/aromatic N) is 2. The molecule has 0 amide bonds. The van der Waals surface area contributed by atoms with Crippen LogP contribution in [0, 0.1) is 6.92 Å². The second kappa shape index (κ2) is 7.67. The molecule has 1 aliphatic rings. The third kappa shape index (κ3) is 3.92. The van der Waals surface area contributed by atoms with Crippen LogP contribution in [0.15, 0.2) is 60.7 Å². The highest BCUT2D eigenvalue weighted by Crippen LogP contribution is 2.28. The summed E-state index contributed by atoms with van der Waals surface area (Å²) in [6, 6.07) is 20.7. The van der Waals surface area contributed by atoms with Gasteiger partial charge in [0.2, 0.25) is 0 Å². The first-order chi connectivity index (χ1) is 12.8. The molecule has 4 nitrogen and oxygen atoms in total. The van der Waals surface area contributed by atoms with Gasteiger partial charge in [-0.2, -0.15) is 0 Å². The lowest BCUT2D eigenvalue weighted by molar-refractivity contribution is 0.445. The highest BCUT2D eigenvalue weighted by atomic mass is 15.0. The Morgan fingerprint density at radius 3 is 2.50 bits per heavy atom. The predicted octanol–water partition coefficient (Wildman–Crippen LogP) is 4.66. The Kier molecular flexibility index (Phi) is 4.93. The normalized spacial score (nSPS) is 15.0. The number of hydrogen-bond donors (Lipinski definition) is 2. The molecular formula is C22H24N4. The molecule has 2 N–H and O–H groups in total. The third-order valence-corrected chi connectivity index (χ3v) is 4.81. The molecule has 1 fully saturated rings. The monoisotopic (exact) mass is 344 g/mol. The number of nitrogens with one attached hydrogen (secondary N) is 2. The SMILES string of the molecule is Cc1cccc(Nc2cc(-c3ccccc3)nc(C3CCNCC3)n2)c1. The molecule has 4 rings (SSSR count). The minimum Gasteiger partial charge on any atom is -0.340 e. The molecule has 0 saturated carbocycles. The molecule has 0 aliphatic carbocycles. The summed E-state index contributed by atoms with van der Waals surface area (Å²) in [7, 11) is 0. The molecular weight excluding hydrogens is 320 g/mol. The number of rotatable bonds is 4. The summed E-state index contributed by atoms with van der Waals surface area (Å²) in [6.07, 6.45) is 2.17. The molecule has 3 aromatic rings. The molecule has 1 aliphatic heterocycles. The summed E-state index contributed by atoms with van der Waals surface area (Å²) in [5.74, 6) is 2.22. The van der Waals surface area contributed by atoms with Gasteiger partial charge < -0.3 is 10.6 Å². The fraction of sp³-hybridized carbons (Fsp3) is 0.273. The maximum Gasteiger partial charge on any atom is 0.134 e. The van der Waals surface area contributed by atoms with Crippen molar-refractivity contribution in [2.24, 2.45) is 0 Å². The van der Waals surface area contributed by atoms with Gasteiger partial charge in [0.25, 0.3) is 0 Å². The van der Waals surface area contributed by atoms with Crippen molar-refractivity contribution in [3.63, 3.8) is 0 Å². The van der Waals surface area contributed by atoms with Gasteiger partial charge in [-0.15, -0.1) is 0 Å². The van der Waals surface area contributed by atoms with Crippen molar-refractivity contribution in [2.45, 2.75) is 25.7 Å². The first-order valence-corrected chi connectivity index (χ1v) is 9.27. The Hall–Kier alpha value is -2.72. The molecule has 1 saturated heterocycles. The summed E-state index contributed by atoms with van der Waals surface area (Å²) in [6.45, 7) is 4.16. The van der Waals surface area contributed by atoms with E-state index in [4.69, 9.17) is 9.97 Å². The predicted molar refractivity (Wildman–Crippen MR) is 107 cm³/mol. The second-order valence-electron chi connectivity index (χ2n) is 6.88. The van der Waals surface area contributed by atoms with E-state index in [0.717, 1.165) is 54.5 Å². The average molecular weight is 344 g/mol. The maximum absolute atomic E-state index is 4.91. The number of hydrogen-bond acceptors (Lipinski definition) is 4. The van der Waals surface area contributed by atoms with Crippen LogP contribution in [0.4, 0.5) is 11.5 Å². The quantitative estimate of drug-likeness (QED) is 0.722.